The molecule has 0 aliphatic heterocycles. The number of aryl methyl sites for hydroxylation is 2. The molecule has 0 aliphatic rings. The first-order valence-electron chi connectivity index (χ1n) is 3.82. The molecule has 1 heterocycles. The molecule has 2 aromatic rings. The lowest BCUT2D eigenvalue weighted by Crippen LogP contribution is -1.71. The lowest BCUT2D eigenvalue weighted by molar-refractivity contribution is 0.450. The van der Waals surface area contributed by atoms with Crippen LogP contribution in [-0.4, -0.2) is 5.16 Å². The Balaban J connectivity index is 0.000000396. The van der Waals surface area contributed by atoms with E-state index in [1.165, 1.54) is 5.56 Å². The molecule has 0 saturated carbocycles. The standard InChI is InChI=1S/C9H9NO.H2IN/c1-6-3-4-8-7(2)10-11-9(8)5-6;1-2/h3-5H,1-2H3;2H2. The van der Waals surface area contributed by atoms with Crippen LogP contribution in [0.2, 0.25) is 0 Å². The largest absolute Gasteiger partial charge is 0.356 e. The zero-order valence-corrected chi connectivity index (χ0v) is 9.70. The number of aromatic nitrogens is 1. The van der Waals surface area contributed by atoms with Crippen LogP contribution in [0, 0.1) is 13.8 Å². The summed E-state index contributed by atoms with van der Waals surface area (Å²) >= 11 is 1.65. The number of nitrogens with zero attached hydrogens (tertiary/aromatic N) is 1. The van der Waals surface area contributed by atoms with Crippen molar-refractivity contribution in [1.29, 1.82) is 0 Å². The van der Waals surface area contributed by atoms with Gasteiger partial charge >= 0.3 is 0 Å². The Morgan fingerprint density at radius 2 is 2.00 bits per heavy atom. The van der Waals surface area contributed by atoms with Crippen LogP contribution in [0.5, 0.6) is 0 Å². The minimum Gasteiger partial charge on any atom is -0.356 e. The van der Waals surface area contributed by atoms with E-state index in [4.69, 9.17) is 4.52 Å². The average Bonchev–Trinajstić information content (AvgIpc) is 2.51. The van der Waals surface area contributed by atoms with E-state index in [1.54, 1.807) is 22.9 Å². The third-order valence-electron chi connectivity index (χ3n) is 1.81. The average molecular weight is 290 g/mol. The predicted molar refractivity (Wildman–Crippen MR) is 61.7 cm³/mol. The van der Waals surface area contributed by atoms with Gasteiger partial charge in [0.1, 0.15) is 0 Å². The van der Waals surface area contributed by atoms with Crippen LogP contribution < -0.4 is 3.95 Å². The van der Waals surface area contributed by atoms with Crippen LogP contribution in [0.25, 0.3) is 11.0 Å². The monoisotopic (exact) mass is 290 g/mol. The Hall–Kier alpha value is -0.620. The highest BCUT2D eigenvalue weighted by atomic mass is 127. The summed E-state index contributed by atoms with van der Waals surface area (Å²) in [6.45, 7) is 3.98. The Labute approximate surface area is 90.8 Å². The second-order valence-corrected chi connectivity index (χ2v) is 2.77. The highest BCUT2D eigenvalue weighted by molar-refractivity contribution is 14.1. The van der Waals surface area contributed by atoms with E-state index in [0.29, 0.717) is 0 Å². The molecule has 0 amide bonds. The highest BCUT2D eigenvalue weighted by Crippen LogP contribution is 2.18. The minimum atomic E-state index is 0.877. The maximum Gasteiger partial charge on any atom is 0.167 e. The van der Waals surface area contributed by atoms with Gasteiger partial charge in [-0.2, -0.15) is 0 Å². The van der Waals surface area contributed by atoms with Gasteiger partial charge in [-0.15, -0.1) is 0 Å². The first kappa shape index (κ1) is 10.5. The molecule has 0 bridgehead atoms. The number of fused-ring (bicyclic) bond motifs is 1. The third-order valence-corrected chi connectivity index (χ3v) is 1.81. The number of rotatable bonds is 0. The van der Waals surface area contributed by atoms with Crippen molar-refractivity contribution in [2.45, 2.75) is 13.8 Å². The van der Waals surface area contributed by atoms with Crippen LogP contribution >= 0.6 is 22.9 Å². The van der Waals surface area contributed by atoms with Gasteiger partial charge in [0.2, 0.25) is 0 Å². The van der Waals surface area contributed by atoms with Gasteiger partial charge in [0.15, 0.2) is 5.58 Å². The van der Waals surface area contributed by atoms with Gasteiger partial charge in [-0.3, -0.25) is 3.95 Å². The highest BCUT2D eigenvalue weighted by Gasteiger charge is 2.01. The fourth-order valence-electron chi connectivity index (χ4n) is 1.17. The lowest BCUT2D eigenvalue weighted by Gasteiger charge is -1.89. The topological polar surface area (TPSA) is 52.0 Å². The second kappa shape index (κ2) is 4.57. The van der Waals surface area contributed by atoms with Gasteiger partial charge in [0.25, 0.3) is 0 Å². The van der Waals surface area contributed by atoms with Gasteiger partial charge in [-0.25, -0.2) is 0 Å². The molecule has 2 N–H and O–H groups in total. The third kappa shape index (κ3) is 2.19. The summed E-state index contributed by atoms with van der Waals surface area (Å²) < 4.78 is 9.55. The van der Waals surface area contributed by atoms with Gasteiger partial charge in [0.05, 0.1) is 5.69 Å². The maximum atomic E-state index is 5.08. The van der Waals surface area contributed by atoms with Crippen molar-refractivity contribution < 1.29 is 4.52 Å². The quantitative estimate of drug-likeness (QED) is 0.599. The van der Waals surface area contributed by atoms with Crippen molar-refractivity contribution in [2.24, 2.45) is 3.95 Å². The Morgan fingerprint density at radius 3 is 2.69 bits per heavy atom. The van der Waals surface area contributed by atoms with E-state index in [2.05, 4.69) is 15.2 Å². The minimum absolute atomic E-state index is 0.877. The molecule has 0 saturated heterocycles. The number of hydrogen-bond acceptors (Lipinski definition) is 3. The summed E-state index contributed by atoms with van der Waals surface area (Å²) in [5.74, 6) is 0. The van der Waals surface area contributed by atoms with Crippen LogP contribution in [0.3, 0.4) is 0 Å². The summed E-state index contributed by atoms with van der Waals surface area (Å²) in [5, 5.41) is 4.97. The fourth-order valence-corrected chi connectivity index (χ4v) is 1.17. The summed E-state index contributed by atoms with van der Waals surface area (Å²) in [6.07, 6.45) is 0. The summed E-state index contributed by atoms with van der Waals surface area (Å²) in [4.78, 5) is 0. The lowest BCUT2D eigenvalue weighted by atomic mass is 10.2. The van der Waals surface area contributed by atoms with Gasteiger partial charge in [-0.05, 0) is 31.5 Å². The molecule has 0 aliphatic carbocycles. The molecule has 0 fully saturated rings. The van der Waals surface area contributed by atoms with Crippen molar-refractivity contribution >= 4 is 33.8 Å². The van der Waals surface area contributed by atoms with E-state index < -0.39 is 0 Å². The van der Waals surface area contributed by atoms with Crippen molar-refractivity contribution in [2.75, 3.05) is 0 Å². The normalized spacial score (nSPS) is 9.54. The Bertz CT molecular complexity index is 397. The molecule has 70 valence electrons. The van der Waals surface area contributed by atoms with Crippen LogP contribution in [0.4, 0.5) is 0 Å². The van der Waals surface area contributed by atoms with Crippen molar-refractivity contribution in [1.82, 2.24) is 5.16 Å². The molecular weight excluding hydrogens is 279 g/mol. The van der Waals surface area contributed by atoms with Crippen LogP contribution in [-0.2, 0) is 0 Å². The number of nitrogens with two attached hydrogens (primary N) is 1. The van der Waals surface area contributed by atoms with Crippen molar-refractivity contribution in [3.63, 3.8) is 0 Å². The number of benzene rings is 1. The van der Waals surface area contributed by atoms with Crippen molar-refractivity contribution in [3.05, 3.63) is 29.5 Å². The van der Waals surface area contributed by atoms with E-state index in [0.717, 1.165) is 16.7 Å². The van der Waals surface area contributed by atoms with Crippen molar-refractivity contribution in [3.8, 4) is 0 Å². The summed E-state index contributed by atoms with van der Waals surface area (Å²) in [6, 6.07) is 6.10. The molecule has 1 aromatic carbocycles. The molecule has 1 aromatic heterocycles. The van der Waals surface area contributed by atoms with Crippen LogP contribution in [0.15, 0.2) is 22.7 Å². The van der Waals surface area contributed by atoms with Crippen LogP contribution in [0.1, 0.15) is 11.3 Å². The molecule has 0 atom stereocenters. The second-order valence-electron chi connectivity index (χ2n) is 2.77. The van der Waals surface area contributed by atoms with Gasteiger partial charge in [0, 0.05) is 28.3 Å². The number of hydrogen-bond donors (Lipinski definition) is 1. The molecule has 0 radical (unpaired) electrons. The molecule has 0 spiro atoms. The molecular formula is C9H11IN2O. The molecule has 13 heavy (non-hydrogen) atoms. The molecule has 4 heteroatoms. The van der Waals surface area contributed by atoms with E-state index in [1.807, 2.05) is 26.0 Å². The van der Waals surface area contributed by atoms with E-state index in [9.17, 15) is 0 Å². The molecule has 2 rings (SSSR count). The van der Waals surface area contributed by atoms with Gasteiger partial charge < -0.3 is 4.52 Å². The number of halogens is 1. The SMILES string of the molecule is Cc1ccc2c(C)noc2c1.NI. The van der Waals surface area contributed by atoms with Gasteiger partial charge in [-0.1, -0.05) is 11.2 Å². The van der Waals surface area contributed by atoms with E-state index >= 15 is 0 Å². The zero-order chi connectivity index (χ0) is 9.84. The Kier molecular flexibility index (Phi) is 3.68. The summed E-state index contributed by atoms with van der Waals surface area (Å²) in [7, 11) is 0. The smallest absolute Gasteiger partial charge is 0.167 e. The first-order chi connectivity index (χ1) is 6.27. The zero-order valence-electron chi connectivity index (χ0n) is 7.54. The molecule has 0 unspecified atom stereocenters. The maximum absolute atomic E-state index is 5.08. The molecule has 3 nitrogen and oxygen atoms in total. The Morgan fingerprint density at radius 1 is 1.31 bits per heavy atom. The summed E-state index contributed by atoms with van der Waals surface area (Å²) in [5.41, 5.74) is 3.04. The fraction of sp³-hybridized carbons (Fsp3) is 0.222. The first-order valence-corrected chi connectivity index (χ1v) is 5.06. The van der Waals surface area contributed by atoms with E-state index in [-0.39, 0.29) is 0 Å². The predicted octanol–water partition coefficient (Wildman–Crippen LogP) is 2.74.